The molecule has 5 nitrogen and oxygen atoms in total. The van der Waals surface area contributed by atoms with Gasteiger partial charge in [-0.3, -0.25) is 0 Å². The molecule has 1 heterocycles. The molecular weight excluding hydrogens is 266 g/mol. The maximum atomic E-state index is 9.73. The van der Waals surface area contributed by atoms with Crippen LogP contribution in [-0.2, 0) is 0 Å². The van der Waals surface area contributed by atoms with E-state index in [1.807, 2.05) is 0 Å². The van der Waals surface area contributed by atoms with Gasteiger partial charge in [-0.05, 0) is 31.6 Å². The lowest BCUT2D eigenvalue weighted by atomic mass is 9.77. The first-order valence-electron chi connectivity index (χ1n) is 6.54. The molecule has 0 radical (unpaired) electrons. The predicted molar refractivity (Wildman–Crippen MR) is 74.7 cm³/mol. The summed E-state index contributed by atoms with van der Waals surface area (Å²) in [7, 11) is 1.51. The SMILES string of the molecule is COc1ncc(Cl)c(NC2(CO)CCC(C)CC2)n1. The van der Waals surface area contributed by atoms with Crippen LogP contribution in [0.3, 0.4) is 0 Å². The summed E-state index contributed by atoms with van der Waals surface area (Å²) in [5.41, 5.74) is -0.338. The topological polar surface area (TPSA) is 67.3 Å². The van der Waals surface area contributed by atoms with Crippen LogP contribution in [0.4, 0.5) is 5.82 Å². The van der Waals surface area contributed by atoms with Crippen LogP contribution >= 0.6 is 11.6 Å². The normalized spacial score (nSPS) is 27.1. The molecule has 2 N–H and O–H groups in total. The fourth-order valence-corrected chi connectivity index (χ4v) is 2.56. The first-order chi connectivity index (χ1) is 9.08. The summed E-state index contributed by atoms with van der Waals surface area (Å²) in [4.78, 5) is 8.15. The molecule has 1 aromatic heterocycles. The third-order valence-electron chi connectivity index (χ3n) is 3.82. The van der Waals surface area contributed by atoms with Crippen molar-refractivity contribution in [2.45, 2.75) is 38.1 Å². The Morgan fingerprint density at radius 1 is 1.53 bits per heavy atom. The highest BCUT2D eigenvalue weighted by molar-refractivity contribution is 6.32. The van der Waals surface area contributed by atoms with Crippen molar-refractivity contribution >= 4 is 17.4 Å². The van der Waals surface area contributed by atoms with Gasteiger partial charge in [0.2, 0.25) is 0 Å². The molecule has 0 unspecified atom stereocenters. The highest BCUT2D eigenvalue weighted by Gasteiger charge is 2.34. The first-order valence-corrected chi connectivity index (χ1v) is 6.92. The van der Waals surface area contributed by atoms with Crippen LogP contribution in [0.1, 0.15) is 32.6 Å². The van der Waals surface area contributed by atoms with Crippen LogP contribution in [0.5, 0.6) is 6.01 Å². The predicted octanol–water partition coefficient (Wildman–Crippen LogP) is 2.49. The van der Waals surface area contributed by atoms with Gasteiger partial charge in [0.05, 0.1) is 25.5 Å². The monoisotopic (exact) mass is 285 g/mol. The molecule has 0 amide bonds. The van der Waals surface area contributed by atoms with E-state index in [1.165, 1.54) is 13.3 Å². The van der Waals surface area contributed by atoms with E-state index in [0.29, 0.717) is 16.8 Å². The van der Waals surface area contributed by atoms with Crippen molar-refractivity contribution in [1.29, 1.82) is 0 Å². The van der Waals surface area contributed by atoms with Crippen LogP contribution in [0, 0.1) is 5.92 Å². The van der Waals surface area contributed by atoms with Gasteiger partial charge in [0.15, 0.2) is 5.82 Å². The van der Waals surface area contributed by atoms with Gasteiger partial charge in [0.1, 0.15) is 5.02 Å². The summed E-state index contributed by atoms with van der Waals surface area (Å²) in [5.74, 6) is 1.23. The van der Waals surface area contributed by atoms with Gasteiger partial charge < -0.3 is 15.2 Å². The van der Waals surface area contributed by atoms with Gasteiger partial charge in [0, 0.05) is 0 Å². The second-order valence-electron chi connectivity index (χ2n) is 5.30. The van der Waals surface area contributed by atoms with Crippen molar-refractivity contribution in [3.05, 3.63) is 11.2 Å². The highest BCUT2D eigenvalue weighted by atomic mass is 35.5. The van der Waals surface area contributed by atoms with E-state index in [9.17, 15) is 5.11 Å². The third kappa shape index (κ3) is 3.28. The van der Waals surface area contributed by atoms with Gasteiger partial charge in [-0.15, -0.1) is 0 Å². The fraction of sp³-hybridized carbons (Fsp3) is 0.692. The Morgan fingerprint density at radius 2 is 2.21 bits per heavy atom. The molecular formula is C13H20ClN3O2. The number of halogens is 1. The Hall–Kier alpha value is -1.07. The lowest BCUT2D eigenvalue weighted by Gasteiger charge is -2.39. The number of rotatable bonds is 4. The van der Waals surface area contributed by atoms with Gasteiger partial charge in [0.25, 0.3) is 0 Å². The summed E-state index contributed by atoms with van der Waals surface area (Å²) < 4.78 is 5.00. The lowest BCUT2D eigenvalue weighted by Crippen LogP contribution is -2.45. The molecule has 106 valence electrons. The number of anilines is 1. The number of aromatic nitrogens is 2. The maximum absolute atomic E-state index is 9.73. The summed E-state index contributed by atoms with van der Waals surface area (Å²) >= 11 is 6.10. The van der Waals surface area contributed by atoms with Crippen molar-refractivity contribution in [2.75, 3.05) is 19.0 Å². The number of nitrogens with one attached hydrogen (secondary N) is 1. The van der Waals surface area contributed by atoms with Gasteiger partial charge in [-0.25, -0.2) is 4.98 Å². The van der Waals surface area contributed by atoms with E-state index in [-0.39, 0.29) is 18.2 Å². The fourth-order valence-electron chi connectivity index (χ4n) is 2.43. The molecule has 0 saturated heterocycles. The average Bonchev–Trinajstić information content (AvgIpc) is 2.44. The number of aliphatic hydroxyl groups is 1. The Balaban J connectivity index is 2.18. The summed E-state index contributed by atoms with van der Waals surface area (Å²) in [6, 6.07) is 0.268. The first kappa shape index (κ1) is 14.3. The zero-order valence-electron chi connectivity index (χ0n) is 11.3. The van der Waals surface area contributed by atoms with Crippen LogP contribution in [0.2, 0.25) is 5.02 Å². The van der Waals surface area contributed by atoms with E-state index in [0.717, 1.165) is 25.7 Å². The minimum atomic E-state index is -0.338. The highest BCUT2D eigenvalue weighted by Crippen LogP contribution is 2.35. The van der Waals surface area contributed by atoms with E-state index in [2.05, 4.69) is 22.2 Å². The second kappa shape index (κ2) is 5.92. The third-order valence-corrected chi connectivity index (χ3v) is 4.10. The Kier molecular flexibility index (Phi) is 4.47. The van der Waals surface area contributed by atoms with E-state index in [1.54, 1.807) is 0 Å². The molecule has 0 aromatic carbocycles. The summed E-state index contributed by atoms with van der Waals surface area (Å²) in [6.07, 6.45) is 5.51. The minimum Gasteiger partial charge on any atom is -0.467 e. The molecule has 1 saturated carbocycles. The minimum absolute atomic E-state index is 0.0718. The summed E-state index contributed by atoms with van der Waals surface area (Å²) in [6.45, 7) is 2.31. The maximum Gasteiger partial charge on any atom is 0.318 e. The van der Waals surface area contributed by atoms with E-state index in [4.69, 9.17) is 16.3 Å². The largest absolute Gasteiger partial charge is 0.467 e. The zero-order chi connectivity index (χ0) is 13.9. The molecule has 1 aromatic rings. The van der Waals surface area contributed by atoms with E-state index >= 15 is 0 Å². The van der Waals surface area contributed by atoms with Crippen molar-refractivity contribution in [3.8, 4) is 6.01 Å². The molecule has 1 fully saturated rings. The molecule has 6 heteroatoms. The zero-order valence-corrected chi connectivity index (χ0v) is 12.1. The molecule has 19 heavy (non-hydrogen) atoms. The Bertz CT molecular complexity index is 434. The molecule has 0 bridgehead atoms. The molecule has 2 rings (SSSR count). The molecule has 0 aliphatic heterocycles. The molecule has 0 atom stereocenters. The van der Waals surface area contributed by atoms with Crippen molar-refractivity contribution in [2.24, 2.45) is 5.92 Å². The second-order valence-corrected chi connectivity index (χ2v) is 5.71. The van der Waals surface area contributed by atoms with Crippen LogP contribution < -0.4 is 10.1 Å². The van der Waals surface area contributed by atoms with Crippen LogP contribution in [-0.4, -0.2) is 34.3 Å². The molecule has 1 aliphatic carbocycles. The number of ether oxygens (including phenoxy) is 1. The van der Waals surface area contributed by atoms with Gasteiger partial charge in [-0.1, -0.05) is 18.5 Å². The number of hydrogen-bond donors (Lipinski definition) is 2. The van der Waals surface area contributed by atoms with Crippen LogP contribution in [0.25, 0.3) is 0 Å². The lowest BCUT2D eigenvalue weighted by molar-refractivity contribution is 0.155. The number of aliphatic hydroxyl groups excluding tert-OH is 1. The van der Waals surface area contributed by atoms with Crippen LogP contribution in [0.15, 0.2) is 6.20 Å². The number of nitrogens with zero attached hydrogens (tertiary/aromatic N) is 2. The van der Waals surface area contributed by atoms with Gasteiger partial charge in [-0.2, -0.15) is 4.98 Å². The standard InChI is InChI=1S/C13H20ClN3O2/c1-9-3-5-13(8-18,6-4-9)17-11-10(14)7-15-12(16-11)19-2/h7,9,18H,3-6,8H2,1-2H3,(H,15,16,17). The number of methoxy groups -OCH3 is 1. The van der Waals surface area contributed by atoms with Crippen molar-refractivity contribution in [3.63, 3.8) is 0 Å². The summed E-state index contributed by atoms with van der Waals surface area (Å²) in [5, 5.41) is 13.5. The molecule has 1 aliphatic rings. The van der Waals surface area contributed by atoms with Gasteiger partial charge >= 0.3 is 6.01 Å². The Morgan fingerprint density at radius 3 is 2.79 bits per heavy atom. The van der Waals surface area contributed by atoms with Crippen molar-refractivity contribution < 1.29 is 9.84 Å². The Labute approximate surface area is 118 Å². The molecule has 0 spiro atoms. The quantitative estimate of drug-likeness (QED) is 0.890. The average molecular weight is 286 g/mol. The van der Waals surface area contributed by atoms with Crippen molar-refractivity contribution in [1.82, 2.24) is 9.97 Å². The smallest absolute Gasteiger partial charge is 0.318 e. The van der Waals surface area contributed by atoms with E-state index < -0.39 is 0 Å². The number of hydrogen-bond acceptors (Lipinski definition) is 5.